The average Bonchev–Trinajstić information content (AvgIpc) is 2.48. The van der Waals surface area contributed by atoms with Gasteiger partial charge in [0.05, 0.1) is 19.8 Å². The lowest BCUT2D eigenvalue weighted by molar-refractivity contribution is 0.246. The Kier molecular flexibility index (Phi) is 6.41. The summed E-state index contributed by atoms with van der Waals surface area (Å²) in [5.41, 5.74) is 0. The molecule has 0 spiro atoms. The second-order valence-electron chi connectivity index (χ2n) is 4.42. The molecule has 0 saturated carbocycles. The zero-order valence-corrected chi connectivity index (χ0v) is 13.6. The molecule has 0 aliphatic rings. The summed E-state index contributed by atoms with van der Waals surface area (Å²) in [6, 6.07) is 15.5. The van der Waals surface area contributed by atoms with E-state index in [2.05, 4.69) is 15.9 Å². The number of hydrogen-bond acceptors (Lipinski definition) is 3. The molecule has 0 heterocycles. The van der Waals surface area contributed by atoms with E-state index >= 15 is 0 Å². The standard InChI is InChI=1S/C17H19BrO3/c1-2-19-16-8-4-9-17(13-16)21-11-5-10-20-15-7-3-6-14(18)12-15/h3-4,6-9,12-13H,2,5,10-11H2,1H3. The zero-order valence-electron chi connectivity index (χ0n) is 12.0. The summed E-state index contributed by atoms with van der Waals surface area (Å²) in [7, 11) is 0. The third-order valence-electron chi connectivity index (χ3n) is 2.74. The van der Waals surface area contributed by atoms with E-state index in [1.165, 1.54) is 0 Å². The van der Waals surface area contributed by atoms with Gasteiger partial charge in [-0.15, -0.1) is 0 Å². The van der Waals surface area contributed by atoms with Crippen LogP contribution in [0.2, 0.25) is 0 Å². The first-order valence-electron chi connectivity index (χ1n) is 7.02. The number of halogens is 1. The fourth-order valence-corrected chi connectivity index (χ4v) is 2.19. The molecule has 2 aromatic carbocycles. The molecule has 0 atom stereocenters. The van der Waals surface area contributed by atoms with Crippen molar-refractivity contribution in [2.75, 3.05) is 19.8 Å². The summed E-state index contributed by atoms with van der Waals surface area (Å²) < 4.78 is 17.8. The van der Waals surface area contributed by atoms with E-state index in [4.69, 9.17) is 14.2 Å². The Morgan fingerprint density at radius 2 is 1.38 bits per heavy atom. The minimum Gasteiger partial charge on any atom is -0.494 e. The molecule has 3 nitrogen and oxygen atoms in total. The van der Waals surface area contributed by atoms with E-state index in [1.54, 1.807) is 0 Å². The summed E-state index contributed by atoms with van der Waals surface area (Å²) >= 11 is 3.42. The van der Waals surface area contributed by atoms with Crippen molar-refractivity contribution in [2.45, 2.75) is 13.3 Å². The van der Waals surface area contributed by atoms with Gasteiger partial charge in [-0.25, -0.2) is 0 Å². The molecule has 0 aliphatic carbocycles. The molecular weight excluding hydrogens is 332 g/mol. The van der Waals surface area contributed by atoms with Gasteiger partial charge in [-0.1, -0.05) is 28.1 Å². The fraction of sp³-hybridized carbons (Fsp3) is 0.294. The highest BCUT2D eigenvalue weighted by Gasteiger charge is 1.98. The van der Waals surface area contributed by atoms with E-state index in [9.17, 15) is 0 Å². The van der Waals surface area contributed by atoms with Crippen molar-refractivity contribution in [3.8, 4) is 17.2 Å². The van der Waals surface area contributed by atoms with Gasteiger partial charge in [-0.05, 0) is 37.3 Å². The first kappa shape index (κ1) is 15.7. The Morgan fingerprint density at radius 1 is 0.810 bits per heavy atom. The van der Waals surface area contributed by atoms with Crippen LogP contribution in [0.1, 0.15) is 13.3 Å². The zero-order chi connectivity index (χ0) is 14.9. The third-order valence-corrected chi connectivity index (χ3v) is 3.23. The van der Waals surface area contributed by atoms with Gasteiger partial charge in [0.1, 0.15) is 17.2 Å². The molecule has 112 valence electrons. The number of benzene rings is 2. The Balaban J connectivity index is 1.69. The van der Waals surface area contributed by atoms with E-state index in [0.717, 1.165) is 28.1 Å². The molecule has 0 aromatic heterocycles. The van der Waals surface area contributed by atoms with Crippen molar-refractivity contribution >= 4 is 15.9 Å². The van der Waals surface area contributed by atoms with Crippen LogP contribution in [0.4, 0.5) is 0 Å². The van der Waals surface area contributed by atoms with Crippen LogP contribution in [-0.2, 0) is 0 Å². The first-order chi connectivity index (χ1) is 10.3. The number of hydrogen-bond donors (Lipinski definition) is 0. The van der Waals surface area contributed by atoms with Gasteiger partial charge in [0.2, 0.25) is 0 Å². The lowest BCUT2D eigenvalue weighted by Crippen LogP contribution is -2.05. The van der Waals surface area contributed by atoms with Crippen LogP contribution in [0.3, 0.4) is 0 Å². The third kappa shape index (κ3) is 5.68. The van der Waals surface area contributed by atoms with Crippen LogP contribution < -0.4 is 14.2 Å². The van der Waals surface area contributed by atoms with Crippen molar-refractivity contribution in [1.82, 2.24) is 0 Å². The van der Waals surface area contributed by atoms with Gasteiger partial charge in [0, 0.05) is 17.0 Å². The highest BCUT2D eigenvalue weighted by atomic mass is 79.9. The van der Waals surface area contributed by atoms with Gasteiger partial charge in [-0.2, -0.15) is 0 Å². The maximum Gasteiger partial charge on any atom is 0.122 e. The van der Waals surface area contributed by atoms with Crippen LogP contribution in [0.15, 0.2) is 53.0 Å². The smallest absolute Gasteiger partial charge is 0.122 e. The van der Waals surface area contributed by atoms with E-state index in [-0.39, 0.29) is 0 Å². The lowest BCUT2D eigenvalue weighted by atomic mass is 10.3. The van der Waals surface area contributed by atoms with Crippen molar-refractivity contribution in [3.05, 3.63) is 53.0 Å². The van der Waals surface area contributed by atoms with Gasteiger partial charge in [0.25, 0.3) is 0 Å². The quantitative estimate of drug-likeness (QED) is 0.646. The molecule has 0 unspecified atom stereocenters. The number of ether oxygens (including phenoxy) is 3. The molecule has 0 bridgehead atoms. The van der Waals surface area contributed by atoms with Crippen molar-refractivity contribution in [3.63, 3.8) is 0 Å². The Morgan fingerprint density at radius 3 is 2.00 bits per heavy atom. The molecule has 2 aromatic rings. The molecule has 0 aliphatic heterocycles. The minimum atomic E-state index is 0.615. The molecule has 0 saturated heterocycles. The van der Waals surface area contributed by atoms with Gasteiger partial charge < -0.3 is 14.2 Å². The molecule has 0 N–H and O–H groups in total. The molecule has 0 amide bonds. The van der Waals surface area contributed by atoms with E-state index in [0.29, 0.717) is 19.8 Å². The fourth-order valence-electron chi connectivity index (χ4n) is 1.82. The highest BCUT2D eigenvalue weighted by molar-refractivity contribution is 9.10. The van der Waals surface area contributed by atoms with Gasteiger partial charge in [-0.3, -0.25) is 0 Å². The van der Waals surface area contributed by atoms with Crippen molar-refractivity contribution < 1.29 is 14.2 Å². The lowest BCUT2D eigenvalue weighted by Gasteiger charge is -2.09. The summed E-state index contributed by atoms with van der Waals surface area (Å²) in [5.74, 6) is 2.52. The van der Waals surface area contributed by atoms with Crippen molar-refractivity contribution in [2.24, 2.45) is 0 Å². The van der Waals surface area contributed by atoms with Crippen LogP contribution >= 0.6 is 15.9 Å². The normalized spacial score (nSPS) is 10.2. The molecule has 0 fully saturated rings. The average molecular weight is 351 g/mol. The minimum absolute atomic E-state index is 0.615. The van der Waals surface area contributed by atoms with Crippen LogP contribution in [0, 0.1) is 0 Å². The largest absolute Gasteiger partial charge is 0.494 e. The second-order valence-corrected chi connectivity index (χ2v) is 5.33. The Labute approximate surface area is 134 Å². The monoisotopic (exact) mass is 350 g/mol. The summed E-state index contributed by atoms with van der Waals surface area (Å²) in [4.78, 5) is 0. The SMILES string of the molecule is CCOc1cccc(OCCCOc2cccc(Br)c2)c1. The summed E-state index contributed by atoms with van der Waals surface area (Å²) in [6.45, 7) is 3.86. The Hall–Kier alpha value is -1.68. The molecule has 0 radical (unpaired) electrons. The second kappa shape index (κ2) is 8.57. The summed E-state index contributed by atoms with van der Waals surface area (Å²) in [5, 5.41) is 0. The highest BCUT2D eigenvalue weighted by Crippen LogP contribution is 2.20. The molecular formula is C17H19BrO3. The van der Waals surface area contributed by atoms with E-state index in [1.807, 2.05) is 55.5 Å². The molecule has 4 heteroatoms. The maximum absolute atomic E-state index is 5.69. The van der Waals surface area contributed by atoms with E-state index < -0.39 is 0 Å². The van der Waals surface area contributed by atoms with Crippen molar-refractivity contribution in [1.29, 1.82) is 0 Å². The predicted octanol–water partition coefficient (Wildman–Crippen LogP) is 4.70. The topological polar surface area (TPSA) is 27.7 Å². The van der Waals surface area contributed by atoms with Crippen LogP contribution in [-0.4, -0.2) is 19.8 Å². The molecule has 21 heavy (non-hydrogen) atoms. The van der Waals surface area contributed by atoms with Gasteiger partial charge >= 0.3 is 0 Å². The maximum atomic E-state index is 5.69. The Bertz CT molecular complexity index is 557. The number of rotatable bonds is 8. The first-order valence-corrected chi connectivity index (χ1v) is 7.81. The van der Waals surface area contributed by atoms with Gasteiger partial charge in [0.15, 0.2) is 0 Å². The van der Waals surface area contributed by atoms with Crippen LogP contribution in [0.25, 0.3) is 0 Å². The van der Waals surface area contributed by atoms with Crippen LogP contribution in [0.5, 0.6) is 17.2 Å². The molecule has 2 rings (SSSR count). The summed E-state index contributed by atoms with van der Waals surface area (Å²) in [6.07, 6.45) is 0.825. The predicted molar refractivity (Wildman–Crippen MR) is 87.4 cm³/mol.